The van der Waals surface area contributed by atoms with Crippen molar-refractivity contribution in [2.24, 2.45) is 5.92 Å². The van der Waals surface area contributed by atoms with E-state index >= 15 is 0 Å². The molecule has 1 saturated heterocycles. The van der Waals surface area contributed by atoms with Crippen LogP contribution in [0.4, 0.5) is 0 Å². The summed E-state index contributed by atoms with van der Waals surface area (Å²) in [5, 5.41) is 0. The summed E-state index contributed by atoms with van der Waals surface area (Å²) in [6, 6.07) is 4.59. The molecule has 1 fully saturated rings. The van der Waals surface area contributed by atoms with Gasteiger partial charge in [0, 0.05) is 39.6 Å². The fraction of sp³-hybridized carbons (Fsp3) is 0.966. The van der Waals surface area contributed by atoms with Crippen LogP contribution in [0.2, 0.25) is 128 Å². The molecule has 1 aliphatic heterocycles. The molecule has 0 radical (unpaired) electrons. The van der Waals surface area contributed by atoms with E-state index in [1.807, 2.05) is 6.92 Å². The van der Waals surface area contributed by atoms with Crippen molar-refractivity contribution in [2.75, 3.05) is 34.2 Å². The molecule has 11 nitrogen and oxygen atoms in total. The van der Waals surface area contributed by atoms with Gasteiger partial charge in [-0.3, -0.25) is 4.79 Å². The first kappa shape index (κ1) is 48.1. The van der Waals surface area contributed by atoms with Crippen molar-refractivity contribution in [1.82, 2.24) is 0 Å². The zero-order chi connectivity index (χ0) is 38.2. The van der Waals surface area contributed by atoms with Crippen LogP contribution in [-0.4, -0.2) is 117 Å². The Balaban J connectivity index is 3.28. The Hall–Kier alpha value is 1.06. The molecule has 4 unspecified atom stereocenters. The summed E-state index contributed by atoms with van der Waals surface area (Å²) in [6.45, 7) is 33.5. The molecular weight excluding hydrogens is 777 g/mol. The lowest BCUT2D eigenvalue weighted by Gasteiger charge is -2.50. The molecule has 0 aliphatic carbocycles. The first-order valence-corrected chi connectivity index (χ1v) is 43.1. The predicted octanol–water partition coefficient (Wildman–Crippen LogP) is 7.74. The van der Waals surface area contributed by atoms with E-state index in [-0.39, 0.29) is 12.6 Å². The fourth-order valence-corrected chi connectivity index (χ4v) is 48.4. The molecule has 0 saturated carbocycles. The predicted molar refractivity (Wildman–Crippen MR) is 221 cm³/mol. The first-order chi connectivity index (χ1) is 22.1. The molecule has 49 heavy (non-hydrogen) atoms. The van der Waals surface area contributed by atoms with Crippen molar-refractivity contribution in [3.8, 4) is 0 Å². The van der Waals surface area contributed by atoms with Gasteiger partial charge in [-0.2, -0.15) is 0 Å². The topological polar surface area (TPSA) is 109 Å². The number of hydrogen-bond donors (Lipinski definition) is 0. The lowest BCUT2D eigenvalue weighted by molar-refractivity contribution is -0.147. The molecular formula is C29H74O11Si9. The quantitative estimate of drug-likeness (QED) is 0.0643. The summed E-state index contributed by atoms with van der Waals surface area (Å²) in [5.74, 6) is -0.674. The van der Waals surface area contributed by atoms with E-state index in [1.54, 1.807) is 21.3 Å². The van der Waals surface area contributed by atoms with Crippen molar-refractivity contribution in [2.45, 2.75) is 141 Å². The Morgan fingerprint density at radius 1 is 0.714 bits per heavy atom. The Morgan fingerprint density at radius 2 is 1.18 bits per heavy atom. The van der Waals surface area contributed by atoms with Crippen molar-refractivity contribution < 1.29 is 47.8 Å². The van der Waals surface area contributed by atoms with E-state index in [1.165, 1.54) is 0 Å². The number of hydrogen-bond acceptors (Lipinski definition) is 11. The van der Waals surface area contributed by atoms with Gasteiger partial charge in [0.25, 0.3) is 0 Å². The van der Waals surface area contributed by atoms with Gasteiger partial charge in [-0.15, -0.1) is 0 Å². The first-order valence-electron chi connectivity index (χ1n) is 18.0. The zero-order valence-electron chi connectivity index (χ0n) is 34.5. The maximum Gasteiger partial charge on any atom is 0.500 e. The van der Waals surface area contributed by atoms with Crippen LogP contribution in [0.15, 0.2) is 0 Å². The van der Waals surface area contributed by atoms with Gasteiger partial charge < -0.3 is 43.0 Å². The molecule has 0 spiro atoms. The summed E-state index contributed by atoms with van der Waals surface area (Å²) >= 11 is 0. The molecule has 20 heteroatoms. The second kappa shape index (κ2) is 19.1. The lowest BCUT2D eigenvalue weighted by Crippen LogP contribution is -2.67. The third kappa shape index (κ3) is 18.3. The summed E-state index contributed by atoms with van der Waals surface area (Å²) in [6.07, 6.45) is 1.50. The molecule has 0 N–H and O–H groups in total. The van der Waals surface area contributed by atoms with Crippen LogP contribution in [-0.2, 0) is 47.8 Å². The monoisotopic (exact) mass is 850 g/mol. The Labute approximate surface area is 310 Å². The molecule has 0 amide bonds. The van der Waals surface area contributed by atoms with E-state index in [4.69, 9.17) is 43.0 Å². The third-order valence-corrected chi connectivity index (χ3v) is 39.9. The Kier molecular flexibility index (Phi) is 18.7. The van der Waals surface area contributed by atoms with Gasteiger partial charge >= 0.3 is 49.0 Å². The average molecular weight is 852 g/mol. The highest BCUT2D eigenvalue weighted by Gasteiger charge is 2.56. The molecule has 4 atom stereocenters. The van der Waals surface area contributed by atoms with Crippen molar-refractivity contribution in [3.63, 3.8) is 0 Å². The highest BCUT2D eigenvalue weighted by molar-refractivity contribution is 6.94. The zero-order valence-corrected chi connectivity index (χ0v) is 43.7. The van der Waals surface area contributed by atoms with Gasteiger partial charge in [-0.25, -0.2) is 0 Å². The number of esters is 1. The maximum atomic E-state index is 13.3. The molecule has 0 aromatic rings. The number of carbonyl (C=O) groups is 1. The molecule has 0 aromatic heterocycles. The second-order valence-corrected chi connectivity index (χ2v) is 51.2. The highest BCUT2D eigenvalue weighted by Crippen LogP contribution is 2.40. The lowest BCUT2D eigenvalue weighted by atomic mass is 10.2. The number of ether oxygens (including phenoxy) is 1. The Bertz CT molecular complexity index is 1020. The van der Waals surface area contributed by atoms with Crippen LogP contribution in [0.25, 0.3) is 0 Å². The van der Waals surface area contributed by atoms with Gasteiger partial charge in [0.05, 0.1) is 21.3 Å². The van der Waals surface area contributed by atoms with Crippen LogP contribution in [0.3, 0.4) is 0 Å². The molecule has 0 aromatic carbocycles. The van der Waals surface area contributed by atoms with Gasteiger partial charge in [0.2, 0.25) is 0 Å². The third-order valence-electron chi connectivity index (χ3n) is 8.42. The van der Waals surface area contributed by atoms with E-state index in [0.717, 1.165) is 30.4 Å². The minimum atomic E-state index is -2.99. The van der Waals surface area contributed by atoms with Crippen molar-refractivity contribution in [1.29, 1.82) is 0 Å². The molecule has 1 aliphatic rings. The maximum absolute atomic E-state index is 13.3. The summed E-state index contributed by atoms with van der Waals surface area (Å²) in [7, 11) is -15.7. The summed E-state index contributed by atoms with van der Waals surface area (Å²) < 4.78 is 64.3. The highest BCUT2D eigenvalue weighted by atomic mass is 28.5. The minimum Gasteiger partial charge on any atom is -0.465 e. The molecule has 1 rings (SSSR count). The largest absolute Gasteiger partial charge is 0.500 e. The van der Waals surface area contributed by atoms with Crippen molar-refractivity contribution >= 4 is 82.8 Å². The van der Waals surface area contributed by atoms with Crippen LogP contribution < -0.4 is 0 Å². The second-order valence-electron chi connectivity index (χ2n) is 17.3. The standard InChI is InChI=1S/C29H74O11Si9/c1-28(29(30)34-20-19-21-49(31-2,32-3)33-4)26-48(18)38-45(14,15)37-46(16,24-22-43(10,11)35-27-41(5)6)39-47(17,40-48)25-23-44(12,13)36-42(7,8)9/h28,41H,19-27H2,1-18H3. The van der Waals surface area contributed by atoms with Gasteiger partial charge in [0.1, 0.15) is 0 Å². The van der Waals surface area contributed by atoms with Crippen LogP contribution in [0, 0.1) is 5.92 Å². The molecule has 0 bridgehead atoms. The number of carbonyl (C=O) groups excluding carboxylic acids is 1. The Morgan fingerprint density at radius 3 is 1.67 bits per heavy atom. The molecule has 292 valence electrons. The van der Waals surface area contributed by atoms with Gasteiger partial charge in [0.15, 0.2) is 25.0 Å². The van der Waals surface area contributed by atoms with Crippen LogP contribution in [0.5, 0.6) is 0 Å². The molecule has 1 heterocycles. The van der Waals surface area contributed by atoms with Crippen molar-refractivity contribution in [3.05, 3.63) is 0 Å². The average Bonchev–Trinajstić information content (AvgIpc) is 2.92. The fourth-order valence-electron chi connectivity index (χ4n) is 6.52. The van der Waals surface area contributed by atoms with E-state index in [0.29, 0.717) is 18.5 Å². The number of rotatable bonds is 21. The van der Waals surface area contributed by atoms with Crippen LogP contribution >= 0.6 is 0 Å². The smallest absolute Gasteiger partial charge is 0.465 e. The summed E-state index contributed by atoms with van der Waals surface area (Å²) in [5.41, 5.74) is 0. The van der Waals surface area contributed by atoms with E-state index in [2.05, 4.69) is 91.7 Å². The van der Waals surface area contributed by atoms with Gasteiger partial charge in [-0.05, 0) is 109 Å². The van der Waals surface area contributed by atoms with Gasteiger partial charge in [-0.1, -0.05) is 20.0 Å². The van der Waals surface area contributed by atoms with E-state index in [9.17, 15) is 4.79 Å². The normalized spacial score (nSPS) is 26.3. The van der Waals surface area contributed by atoms with Crippen LogP contribution in [0.1, 0.15) is 13.3 Å². The minimum absolute atomic E-state index is 0.260. The summed E-state index contributed by atoms with van der Waals surface area (Å²) in [4.78, 5) is 13.3. The van der Waals surface area contributed by atoms with E-state index < -0.39 is 82.7 Å². The SMILES string of the molecule is CO[Si](CCCOC(=O)C(C)C[Si]1(C)O[Si](C)(C)O[Si](C)(CC[Si](C)(C)OC[SiH](C)C)O[Si](C)(CC[Si](C)(C)O[Si](C)(C)C)O1)(OC)OC.